The van der Waals surface area contributed by atoms with E-state index in [0.29, 0.717) is 28.3 Å². The van der Waals surface area contributed by atoms with Gasteiger partial charge in [-0.15, -0.1) is 0 Å². The predicted molar refractivity (Wildman–Crippen MR) is 110 cm³/mol. The number of carbonyl (C=O) groups is 3. The number of carbonyl (C=O) groups excluding carboxylic acids is 3. The Morgan fingerprint density at radius 1 is 0.931 bits per heavy atom. The number of aromatic nitrogens is 1. The topological polar surface area (TPSA) is 97.4 Å². The van der Waals surface area contributed by atoms with Crippen molar-refractivity contribution in [3.63, 3.8) is 0 Å². The molecule has 0 unspecified atom stereocenters. The summed E-state index contributed by atoms with van der Waals surface area (Å²) < 4.78 is 4.74. The van der Waals surface area contributed by atoms with Gasteiger partial charge in [0.05, 0.1) is 18.4 Å². The second-order valence-corrected chi connectivity index (χ2v) is 6.18. The molecular weight excluding hydrogens is 370 g/mol. The lowest BCUT2D eigenvalue weighted by Gasteiger charge is -2.11. The van der Waals surface area contributed by atoms with Gasteiger partial charge in [-0.3, -0.25) is 9.59 Å². The van der Waals surface area contributed by atoms with Crippen molar-refractivity contribution in [2.24, 2.45) is 0 Å². The molecule has 2 aromatic carbocycles. The van der Waals surface area contributed by atoms with Gasteiger partial charge in [0, 0.05) is 23.0 Å². The van der Waals surface area contributed by atoms with Gasteiger partial charge in [0.25, 0.3) is 5.91 Å². The molecule has 0 saturated heterocycles. The van der Waals surface area contributed by atoms with Crippen LogP contribution in [0.3, 0.4) is 0 Å². The highest BCUT2D eigenvalue weighted by atomic mass is 16.5. The lowest BCUT2D eigenvalue weighted by Crippen LogP contribution is -2.15. The quantitative estimate of drug-likeness (QED) is 0.487. The normalized spacial score (nSPS) is 10.1. The van der Waals surface area contributed by atoms with E-state index in [1.54, 1.807) is 60.7 Å². The molecule has 0 aliphatic heterocycles. The number of benzene rings is 2. The van der Waals surface area contributed by atoms with Crippen LogP contribution in [-0.2, 0) is 4.74 Å². The van der Waals surface area contributed by atoms with Crippen LogP contribution in [0.5, 0.6) is 0 Å². The van der Waals surface area contributed by atoms with Gasteiger partial charge in [-0.1, -0.05) is 24.3 Å². The van der Waals surface area contributed by atoms with Crippen LogP contribution < -0.4 is 10.6 Å². The second-order valence-electron chi connectivity index (χ2n) is 6.18. The molecule has 7 heteroatoms. The fraction of sp³-hybridized carbons (Fsp3) is 0.0909. The molecule has 1 heterocycles. The van der Waals surface area contributed by atoms with Crippen LogP contribution in [0.15, 0.2) is 66.9 Å². The maximum atomic E-state index is 12.7. The molecule has 146 valence electrons. The van der Waals surface area contributed by atoms with Crippen LogP contribution in [0.1, 0.15) is 38.0 Å². The Bertz CT molecular complexity index is 1080. The molecule has 0 spiro atoms. The molecule has 0 atom stereocenters. The van der Waals surface area contributed by atoms with E-state index >= 15 is 0 Å². The third-order valence-electron chi connectivity index (χ3n) is 4.14. The molecule has 0 aliphatic carbocycles. The molecule has 3 rings (SSSR count). The molecule has 2 N–H and O–H groups in total. The van der Waals surface area contributed by atoms with Gasteiger partial charge in [-0.2, -0.15) is 0 Å². The minimum atomic E-state index is -0.539. The average Bonchev–Trinajstić information content (AvgIpc) is 2.74. The van der Waals surface area contributed by atoms with E-state index in [4.69, 9.17) is 4.74 Å². The van der Waals surface area contributed by atoms with E-state index in [1.165, 1.54) is 20.2 Å². The molecule has 0 saturated carbocycles. The highest BCUT2D eigenvalue weighted by Crippen LogP contribution is 2.20. The van der Waals surface area contributed by atoms with Gasteiger partial charge in [-0.25, -0.2) is 9.78 Å². The van der Waals surface area contributed by atoms with Gasteiger partial charge in [0.1, 0.15) is 5.82 Å². The highest BCUT2D eigenvalue weighted by molar-refractivity contribution is 6.08. The minimum Gasteiger partial charge on any atom is -0.465 e. The van der Waals surface area contributed by atoms with Crippen LogP contribution in [0, 0.1) is 0 Å². The molecule has 1 aromatic heterocycles. The van der Waals surface area contributed by atoms with E-state index in [9.17, 15) is 14.4 Å². The Kier molecular flexibility index (Phi) is 5.99. The Hall–Kier alpha value is -4.00. The standard InChI is InChI=1S/C22H19N3O4/c1-14(26)15-6-5-7-17(12-15)24-20-13-16(10-11-23-20)21(27)25-19-9-4-3-8-18(19)22(28)29-2/h3-13H,1-2H3,(H,23,24)(H,25,27). The first-order chi connectivity index (χ1) is 14.0. The first kappa shape index (κ1) is 19.8. The van der Waals surface area contributed by atoms with Crippen molar-refractivity contribution in [3.8, 4) is 0 Å². The smallest absolute Gasteiger partial charge is 0.339 e. The number of para-hydroxylation sites is 1. The number of nitrogens with one attached hydrogen (secondary N) is 2. The van der Waals surface area contributed by atoms with Crippen molar-refractivity contribution in [3.05, 3.63) is 83.6 Å². The average molecular weight is 389 g/mol. The zero-order valence-corrected chi connectivity index (χ0v) is 15.9. The largest absolute Gasteiger partial charge is 0.465 e. The number of ketones is 1. The summed E-state index contributed by atoms with van der Waals surface area (Å²) in [6.45, 7) is 1.49. The number of amides is 1. The van der Waals surface area contributed by atoms with Crippen molar-refractivity contribution in [2.75, 3.05) is 17.7 Å². The molecule has 7 nitrogen and oxygen atoms in total. The van der Waals surface area contributed by atoms with E-state index < -0.39 is 11.9 Å². The number of hydrogen-bond donors (Lipinski definition) is 2. The van der Waals surface area contributed by atoms with Gasteiger partial charge in [0.2, 0.25) is 0 Å². The number of rotatable bonds is 6. The Morgan fingerprint density at radius 3 is 2.48 bits per heavy atom. The lowest BCUT2D eigenvalue weighted by molar-refractivity contribution is 0.0601. The Morgan fingerprint density at radius 2 is 1.72 bits per heavy atom. The van der Waals surface area contributed by atoms with Gasteiger partial charge < -0.3 is 15.4 Å². The fourth-order valence-electron chi connectivity index (χ4n) is 2.68. The molecule has 0 bridgehead atoms. The maximum absolute atomic E-state index is 12.7. The van der Waals surface area contributed by atoms with E-state index in [1.807, 2.05) is 0 Å². The molecule has 3 aromatic rings. The summed E-state index contributed by atoms with van der Waals surface area (Å²) in [7, 11) is 1.28. The summed E-state index contributed by atoms with van der Waals surface area (Å²) in [5.41, 5.74) is 2.22. The zero-order valence-electron chi connectivity index (χ0n) is 15.9. The number of hydrogen-bond acceptors (Lipinski definition) is 6. The number of anilines is 3. The van der Waals surface area contributed by atoms with E-state index in [-0.39, 0.29) is 11.3 Å². The third-order valence-corrected chi connectivity index (χ3v) is 4.14. The van der Waals surface area contributed by atoms with Crippen LogP contribution in [0.4, 0.5) is 17.2 Å². The first-order valence-corrected chi connectivity index (χ1v) is 8.80. The molecule has 0 radical (unpaired) electrons. The molecule has 0 fully saturated rings. The van der Waals surface area contributed by atoms with Crippen molar-refractivity contribution in [1.82, 2.24) is 4.98 Å². The SMILES string of the molecule is COC(=O)c1ccccc1NC(=O)c1ccnc(Nc2cccc(C(C)=O)c2)c1. The number of methoxy groups -OCH3 is 1. The number of Topliss-reactive ketones (excluding diaryl/α,β-unsaturated/α-hetero) is 1. The van der Waals surface area contributed by atoms with Gasteiger partial charge in [0.15, 0.2) is 5.78 Å². The van der Waals surface area contributed by atoms with Crippen LogP contribution in [-0.4, -0.2) is 29.8 Å². The van der Waals surface area contributed by atoms with Crippen LogP contribution >= 0.6 is 0 Å². The zero-order chi connectivity index (χ0) is 20.8. The predicted octanol–water partition coefficient (Wildman–Crippen LogP) is 4.07. The van der Waals surface area contributed by atoms with Crippen molar-refractivity contribution >= 4 is 34.9 Å². The summed E-state index contributed by atoms with van der Waals surface area (Å²) >= 11 is 0. The summed E-state index contributed by atoms with van der Waals surface area (Å²) in [4.78, 5) is 40.3. The summed E-state index contributed by atoms with van der Waals surface area (Å²) in [5, 5.41) is 5.80. The summed E-state index contributed by atoms with van der Waals surface area (Å²) in [6.07, 6.45) is 1.50. The summed E-state index contributed by atoms with van der Waals surface area (Å²) in [5.74, 6) is -0.536. The number of esters is 1. The maximum Gasteiger partial charge on any atom is 0.339 e. The number of pyridine rings is 1. The van der Waals surface area contributed by atoms with E-state index in [0.717, 1.165) is 0 Å². The summed E-state index contributed by atoms with van der Waals surface area (Å²) in [6, 6.07) is 16.7. The minimum absolute atomic E-state index is 0.0426. The first-order valence-electron chi connectivity index (χ1n) is 8.80. The Labute approximate surface area is 167 Å². The molecule has 1 amide bonds. The number of nitrogens with zero attached hydrogens (tertiary/aromatic N) is 1. The molecule has 29 heavy (non-hydrogen) atoms. The second kappa shape index (κ2) is 8.79. The van der Waals surface area contributed by atoms with E-state index in [2.05, 4.69) is 15.6 Å². The monoisotopic (exact) mass is 389 g/mol. The van der Waals surface area contributed by atoms with Gasteiger partial charge >= 0.3 is 5.97 Å². The van der Waals surface area contributed by atoms with Crippen LogP contribution in [0.25, 0.3) is 0 Å². The van der Waals surface area contributed by atoms with Crippen molar-refractivity contribution in [1.29, 1.82) is 0 Å². The third kappa shape index (κ3) is 4.84. The van der Waals surface area contributed by atoms with Crippen molar-refractivity contribution in [2.45, 2.75) is 6.92 Å². The van der Waals surface area contributed by atoms with Crippen LogP contribution in [0.2, 0.25) is 0 Å². The van der Waals surface area contributed by atoms with Gasteiger partial charge in [-0.05, 0) is 43.3 Å². The number of ether oxygens (including phenoxy) is 1. The highest BCUT2D eigenvalue weighted by Gasteiger charge is 2.15. The lowest BCUT2D eigenvalue weighted by atomic mass is 10.1. The molecular formula is C22H19N3O4. The fourth-order valence-corrected chi connectivity index (χ4v) is 2.68. The Balaban J connectivity index is 1.79. The molecule has 0 aliphatic rings. The van der Waals surface area contributed by atoms with Crippen molar-refractivity contribution < 1.29 is 19.1 Å².